The number of hydrogen-bond donors (Lipinski definition) is 3. The van der Waals surface area contributed by atoms with Gasteiger partial charge in [0, 0.05) is 33.2 Å². The normalized spacial score (nSPS) is 11.8. The Morgan fingerprint density at radius 1 is 0.976 bits per heavy atom. The molecule has 42 heavy (non-hydrogen) atoms. The first-order valence-electron chi connectivity index (χ1n) is 13.0. The zero-order valence-electron chi connectivity index (χ0n) is 22.8. The van der Waals surface area contributed by atoms with Gasteiger partial charge in [-0.25, -0.2) is 0 Å². The lowest BCUT2D eigenvalue weighted by atomic mass is 10.1. The number of carbonyl (C=O) groups is 3. The predicted molar refractivity (Wildman–Crippen MR) is 168 cm³/mol. The molecule has 4 aromatic rings. The number of thiophene rings is 1. The number of thioether (sulfide) groups is 1. The van der Waals surface area contributed by atoms with E-state index in [2.05, 4.69) is 16.0 Å². The Bertz CT molecular complexity index is 1620. The highest BCUT2D eigenvalue weighted by molar-refractivity contribution is 8.00. The number of hydrogen-bond acceptors (Lipinski definition) is 7. The SMILES string of the molecule is CCC(Sc1cccc(NC(=O)/C(=C/c2cccs2)NC(=O)c2ccccc2)c1)C(=O)Nc1cc([N+](=O)[O-])ccc1C. The van der Waals surface area contributed by atoms with Gasteiger partial charge < -0.3 is 16.0 Å². The molecule has 1 atom stereocenters. The van der Waals surface area contributed by atoms with Crippen LogP contribution in [0.5, 0.6) is 0 Å². The standard InChI is InChI=1S/C31H28N4O5S2/c1-3-28(31(38)33-26-18-23(35(39)40)15-14-20(26)2)42-25-12-7-11-22(17-25)32-30(37)27(19-24-13-8-16-41-24)34-29(36)21-9-5-4-6-10-21/h4-19,28H,3H2,1-2H3,(H,32,37)(H,33,38)(H,34,36)/b27-19-. The van der Waals surface area contributed by atoms with E-state index >= 15 is 0 Å². The van der Waals surface area contributed by atoms with Crippen molar-refractivity contribution in [3.05, 3.63) is 122 Å². The summed E-state index contributed by atoms with van der Waals surface area (Å²) in [6.45, 7) is 3.64. The van der Waals surface area contributed by atoms with Crippen molar-refractivity contribution in [2.75, 3.05) is 10.6 Å². The monoisotopic (exact) mass is 600 g/mol. The lowest BCUT2D eigenvalue weighted by Gasteiger charge is -2.17. The van der Waals surface area contributed by atoms with Crippen LogP contribution in [0.4, 0.5) is 17.1 Å². The second-order valence-corrected chi connectivity index (χ2v) is 11.4. The number of aryl methyl sites for hydroxylation is 1. The van der Waals surface area contributed by atoms with Crippen LogP contribution in [0.1, 0.15) is 34.1 Å². The number of nitro benzene ring substituents is 1. The zero-order valence-corrected chi connectivity index (χ0v) is 24.5. The first kappa shape index (κ1) is 30.2. The zero-order chi connectivity index (χ0) is 30.1. The van der Waals surface area contributed by atoms with E-state index in [4.69, 9.17) is 0 Å². The van der Waals surface area contributed by atoms with E-state index in [1.807, 2.05) is 30.5 Å². The van der Waals surface area contributed by atoms with Gasteiger partial charge in [-0.2, -0.15) is 0 Å². The van der Waals surface area contributed by atoms with Crippen LogP contribution in [0.3, 0.4) is 0 Å². The Hall–Kier alpha value is -4.74. The van der Waals surface area contributed by atoms with Crippen molar-refractivity contribution < 1.29 is 19.3 Å². The lowest BCUT2D eigenvalue weighted by molar-refractivity contribution is -0.384. The van der Waals surface area contributed by atoms with Crippen molar-refractivity contribution in [1.82, 2.24) is 5.32 Å². The van der Waals surface area contributed by atoms with Crippen molar-refractivity contribution in [2.24, 2.45) is 0 Å². The van der Waals surface area contributed by atoms with Crippen molar-refractivity contribution in [1.29, 1.82) is 0 Å². The Morgan fingerprint density at radius 3 is 2.45 bits per heavy atom. The van der Waals surface area contributed by atoms with E-state index < -0.39 is 22.0 Å². The molecule has 3 aromatic carbocycles. The minimum Gasteiger partial charge on any atom is -0.325 e. The van der Waals surface area contributed by atoms with E-state index in [-0.39, 0.29) is 17.3 Å². The Balaban J connectivity index is 1.47. The average molecular weight is 601 g/mol. The van der Waals surface area contributed by atoms with Crippen LogP contribution in [0.15, 0.2) is 101 Å². The predicted octanol–water partition coefficient (Wildman–Crippen LogP) is 6.88. The molecule has 1 aromatic heterocycles. The topological polar surface area (TPSA) is 130 Å². The summed E-state index contributed by atoms with van der Waals surface area (Å²) >= 11 is 2.75. The molecule has 4 rings (SSSR count). The third-order valence-corrected chi connectivity index (χ3v) is 8.26. The maximum atomic E-state index is 13.3. The number of nitrogens with one attached hydrogen (secondary N) is 3. The van der Waals surface area contributed by atoms with Gasteiger partial charge in [-0.3, -0.25) is 24.5 Å². The van der Waals surface area contributed by atoms with Crippen LogP contribution >= 0.6 is 23.1 Å². The molecule has 0 aliphatic heterocycles. The van der Waals surface area contributed by atoms with E-state index in [1.54, 1.807) is 67.6 Å². The maximum Gasteiger partial charge on any atom is 0.272 e. The van der Waals surface area contributed by atoms with Gasteiger partial charge in [0.25, 0.3) is 17.5 Å². The highest BCUT2D eigenvalue weighted by Gasteiger charge is 2.21. The molecule has 0 aliphatic rings. The fourth-order valence-corrected chi connectivity index (χ4v) is 5.53. The third kappa shape index (κ3) is 8.15. The largest absolute Gasteiger partial charge is 0.325 e. The van der Waals surface area contributed by atoms with Crippen LogP contribution < -0.4 is 16.0 Å². The number of amides is 3. The summed E-state index contributed by atoms with van der Waals surface area (Å²) < 4.78 is 0. The first-order chi connectivity index (χ1) is 20.2. The molecule has 11 heteroatoms. The summed E-state index contributed by atoms with van der Waals surface area (Å²) in [6, 6.07) is 23.7. The molecule has 0 fully saturated rings. The van der Waals surface area contributed by atoms with Gasteiger partial charge in [0.05, 0.1) is 15.9 Å². The molecule has 214 valence electrons. The molecule has 0 saturated heterocycles. The quantitative estimate of drug-likeness (QED) is 0.0744. The minimum absolute atomic E-state index is 0.0856. The van der Waals surface area contributed by atoms with Crippen LogP contribution in [0.25, 0.3) is 6.08 Å². The number of rotatable bonds is 11. The molecule has 1 unspecified atom stereocenters. The summed E-state index contributed by atoms with van der Waals surface area (Å²) in [5, 5.41) is 20.9. The Kier molecular flexibility index (Phi) is 10.2. The maximum absolute atomic E-state index is 13.3. The highest BCUT2D eigenvalue weighted by Crippen LogP contribution is 2.30. The summed E-state index contributed by atoms with van der Waals surface area (Å²) in [4.78, 5) is 51.4. The molecule has 0 saturated carbocycles. The van der Waals surface area contributed by atoms with Gasteiger partial charge in [-0.15, -0.1) is 23.1 Å². The third-order valence-electron chi connectivity index (χ3n) is 6.08. The van der Waals surface area contributed by atoms with E-state index in [1.165, 1.54) is 35.2 Å². The molecule has 0 spiro atoms. The molecule has 3 amide bonds. The van der Waals surface area contributed by atoms with Crippen molar-refractivity contribution in [3.63, 3.8) is 0 Å². The fraction of sp³-hybridized carbons (Fsp3) is 0.129. The Morgan fingerprint density at radius 2 is 1.76 bits per heavy atom. The summed E-state index contributed by atoms with van der Waals surface area (Å²) in [7, 11) is 0. The average Bonchev–Trinajstić information content (AvgIpc) is 3.50. The second kappa shape index (κ2) is 14.2. The van der Waals surface area contributed by atoms with Gasteiger partial charge in [0.1, 0.15) is 5.70 Å². The van der Waals surface area contributed by atoms with Crippen molar-refractivity contribution in [3.8, 4) is 0 Å². The smallest absolute Gasteiger partial charge is 0.272 e. The van der Waals surface area contributed by atoms with Gasteiger partial charge in [0.2, 0.25) is 5.91 Å². The van der Waals surface area contributed by atoms with E-state index in [9.17, 15) is 24.5 Å². The number of anilines is 2. The van der Waals surface area contributed by atoms with Crippen molar-refractivity contribution >= 4 is 64.0 Å². The number of carbonyl (C=O) groups excluding carboxylic acids is 3. The van der Waals surface area contributed by atoms with Gasteiger partial charge in [0.15, 0.2) is 0 Å². The molecule has 0 bridgehead atoms. The number of nitro groups is 1. The number of benzene rings is 3. The number of nitrogens with zero attached hydrogens (tertiary/aromatic N) is 1. The summed E-state index contributed by atoms with van der Waals surface area (Å²) in [6.07, 6.45) is 2.12. The Labute approximate surface area is 251 Å². The number of non-ortho nitro benzene ring substituents is 1. The first-order valence-corrected chi connectivity index (χ1v) is 14.7. The highest BCUT2D eigenvalue weighted by atomic mass is 32.2. The molecular weight excluding hydrogens is 572 g/mol. The molecular formula is C31H28N4O5S2. The van der Waals surface area contributed by atoms with Crippen LogP contribution in [0, 0.1) is 17.0 Å². The van der Waals surface area contributed by atoms with Gasteiger partial charge in [-0.1, -0.05) is 43.3 Å². The molecule has 1 heterocycles. The summed E-state index contributed by atoms with van der Waals surface area (Å²) in [5.41, 5.74) is 1.99. The van der Waals surface area contributed by atoms with Gasteiger partial charge >= 0.3 is 0 Å². The molecule has 0 radical (unpaired) electrons. The van der Waals surface area contributed by atoms with E-state index in [0.717, 1.165) is 9.77 Å². The summed E-state index contributed by atoms with van der Waals surface area (Å²) in [5.74, 6) is -1.19. The fourth-order valence-electron chi connectivity index (χ4n) is 3.86. The molecule has 9 nitrogen and oxygen atoms in total. The van der Waals surface area contributed by atoms with E-state index in [0.29, 0.717) is 28.9 Å². The van der Waals surface area contributed by atoms with Crippen LogP contribution in [-0.2, 0) is 9.59 Å². The van der Waals surface area contributed by atoms with Gasteiger partial charge in [-0.05, 0) is 66.8 Å². The van der Waals surface area contributed by atoms with Crippen LogP contribution in [0.2, 0.25) is 0 Å². The molecule has 0 aliphatic carbocycles. The van der Waals surface area contributed by atoms with Crippen molar-refractivity contribution in [2.45, 2.75) is 30.4 Å². The molecule has 3 N–H and O–H groups in total. The second-order valence-electron chi connectivity index (χ2n) is 9.14. The van der Waals surface area contributed by atoms with Crippen LogP contribution in [-0.4, -0.2) is 27.9 Å². The minimum atomic E-state index is -0.505. The lowest BCUT2D eigenvalue weighted by Crippen LogP contribution is -2.30.